The van der Waals surface area contributed by atoms with Gasteiger partial charge < -0.3 is 11.0 Å². The van der Waals surface area contributed by atoms with Gasteiger partial charge in [-0.3, -0.25) is 4.55 Å². The Hall–Kier alpha value is -0.236. The van der Waals surface area contributed by atoms with Crippen LogP contribution in [0.5, 0.6) is 0 Å². The van der Waals surface area contributed by atoms with Gasteiger partial charge in [-0.25, -0.2) is 0 Å². The van der Waals surface area contributed by atoms with E-state index in [1.54, 1.807) is 18.2 Å². The first-order valence-corrected chi connectivity index (χ1v) is 4.07. The topological polar surface area (TPSA) is 117 Å². The van der Waals surface area contributed by atoms with Gasteiger partial charge in [0, 0.05) is 21.7 Å². The Labute approximate surface area is 91.0 Å². The minimum Gasteiger partial charge on any atom is -0.412 e. The van der Waals surface area contributed by atoms with E-state index in [0.717, 1.165) is 0 Å². The van der Waals surface area contributed by atoms with Crippen LogP contribution in [-0.4, -0.2) is 23.9 Å². The summed E-state index contributed by atoms with van der Waals surface area (Å²) in [5.41, 5.74) is 0. The molecule has 0 spiro atoms. The van der Waals surface area contributed by atoms with E-state index in [1.165, 1.54) is 12.1 Å². The summed E-state index contributed by atoms with van der Waals surface area (Å²) < 4.78 is 29.2. The van der Waals surface area contributed by atoms with Crippen molar-refractivity contribution >= 4 is 10.1 Å². The second-order valence-corrected chi connectivity index (χ2v) is 3.21. The van der Waals surface area contributed by atoms with Crippen LogP contribution in [0.3, 0.4) is 0 Å². The number of rotatable bonds is 1. The van der Waals surface area contributed by atoms with E-state index in [9.17, 15) is 8.42 Å². The smallest absolute Gasteiger partial charge is 0.294 e. The molecule has 0 aliphatic carbocycles. The molecule has 0 aliphatic heterocycles. The third-order valence-electron chi connectivity index (χ3n) is 1.04. The molecule has 5 nitrogen and oxygen atoms in total. The third kappa shape index (κ3) is 5.92. The molecule has 0 heterocycles. The van der Waals surface area contributed by atoms with Crippen molar-refractivity contribution in [3.63, 3.8) is 0 Å². The van der Waals surface area contributed by atoms with Crippen molar-refractivity contribution in [3.05, 3.63) is 30.3 Å². The summed E-state index contributed by atoms with van der Waals surface area (Å²) in [4.78, 5) is -0.0741. The van der Waals surface area contributed by atoms with Gasteiger partial charge in [0.1, 0.15) is 0 Å². The summed E-state index contributed by atoms with van der Waals surface area (Å²) in [5, 5.41) is 0. The van der Waals surface area contributed by atoms with E-state index in [0.29, 0.717) is 0 Å². The van der Waals surface area contributed by atoms with Crippen LogP contribution in [-0.2, 0) is 31.8 Å². The molecule has 0 bridgehead atoms. The van der Waals surface area contributed by atoms with E-state index in [4.69, 9.17) is 4.55 Å². The van der Waals surface area contributed by atoms with Crippen LogP contribution in [0.2, 0.25) is 0 Å². The van der Waals surface area contributed by atoms with Crippen LogP contribution in [0, 0.1) is 0 Å². The van der Waals surface area contributed by atoms with Gasteiger partial charge in [-0.2, -0.15) is 8.42 Å². The maximum Gasteiger partial charge on any atom is 0.294 e. The predicted molar refractivity (Wildman–Crippen MR) is 43.5 cm³/mol. The van der Waals surface area contributed by atoms with Gasteiger partial charge in [0.15, 0.2) is 0 Å². The van der Waals surface area contributed by atoms with Crippen molar-refractivity contribution in [2.75, 3.05) is 0 Å². The quantitative estimate of drug-likeness (QED) is 0.517. The van der Waals surface area contributed by atoms with Crippen molar-refractivity contribution in [1.29, 1.82) is 0 Å². The normalized spacial score (nSPS) is 8.69. The largest absolute Gasteiger partial charge is 0.412 e. The van der Waals surface area contributed by atoms with Gasteiger partial charge in [-0.05, 0) is 12.1 Å². The monoisotopic (exact) mass is 242 g/mol. The van der Waals surface area contributed by atoms with E-state index < -0.39 is 10.1 Å². The van der Waals surface area contributed by atoms with Gasteiger partial charge >= 0.3 is 0 Å². The molecule has 0 saturated carbocycles. The SMILES string of the molecule is O.O.O=S(=O)(O)c1ccccc1.[Ti]. The molecule has 7 heteroatoms. The summed E-state index contributed by atoms with van der Waals surface area (Å²) in [6.45, 7) is 0. The molecule has 74 valence electrons. The fourth-order valence-corrected chi connectivity index (χ4v) is 1.09. The number of hydrogen-bond acceptors (Lipinski definition) is 2. The molecule has 1 rings (SSSR count). The minimum atomic E-state index is -4.00. The summed E-state index contributed by atoms with van der Waals surface area (Å²) in [5.74, 6) is 0. The van der Waals surface area contributed by atoms with E-state index in [1.807, 2.05) is 0 Å². The first-order valence-electron chi connectivity index (χ1n) is 2.63. The third-order valence-corrected chi connectivity index (χ3v) is 1.91. The Morgan fingerprint density at radius 1 is 1.00 bits per heavy atom. The van der Waals surface area contributed by atoms with E-state index in [-0.39, 0.29) is 37.6 Å². The molecule has 5 N–H and O–H groups in total. The van der Waals surface area contributed by atoms with Crippen molar-refractivity contribution in [3.8, 4) is 0 Å². The number of benzene rings is 1. The molecule has 1 aromatic rings. The second-order valence-electron chi connectivity index (χ2n) is 1.79. The maximum absolute atomic E-state index is 10.4. The molecule has 0 fully saturated rings. The molecule has 1 aromatic carbocycles. The van der Waals surface area contributed by atoms with Gasteiger partial charge in [0.2, 0.25) is 0 Å². The molecule has 0 unspecified atom stereocenters. The first-order chi connectivity index (χ1) is 4.61. The van der Waals surface area contributed by atoms with Crippen LogP contribution < -0.4 is 0 Å². The van der Waals surface area contributed by atoms with Crippen LogP contribution in [0.25, 0.3) is 0 Å². The Bertz CT molecular complexity index is 309. The fourth-order valence-electron chi connectivity index (χ4n) is 0.592. The van der Waals surface area contributed by atoms with Crippen molar-refractivity contribution in [1.82, 2.24) is 0 Å². The average Bonchev–Trinajstić information content (AvgIpc) is 1.88. The molecular weight excluding hydrogens is 232 g/mol. The van der Waals surface area contributed by atoms with E-state index >= 15 is 0 Å². The zero-order chi connectivity index (χ0) is 7.61. The molecular formula is C6H10O5STi. The average molecular weight is 242 g/mol. The summed E-state index contributed by atoms with van der Waals surface area (Å²) in [7, 11) is -4.00. The van der Waals surface area contributed by atoms with Crippen LogP contribution >= 0.6 is 0 Å². The molecule has 0 saturated heterocycles. The van der Waals surface area contributed by atoms with Gasteiger partial charge in [0.05, 0.1) is 4.90 Å². The second kappa shape index (κ2) is 7.19. The van der Waals surface area contributed by atoms with Crippen molar-refractivity contribution in [2.24, 2.45) is 0 Å². The Kier molecular flexibility index (Phi) is 10.3. The molecule has 0 aromatic heterocycles. The van der Waals surface area contributed by atoms with Crippen molar-refractivity contribution in [2.45, 2.75) is 4.90 Å². The molecule has 13 heavy (non-hydrogen) atoms. The Morgan fingerprint density at radius 3 is 1.62 bits per heavy atom. The fraction of sp³-hybridized carbons (Fsp3) is 0. The predicted octanol–water partition coefficient (Wildman–Crippen LogP) is -0.719. The first kappa shape index (κ1) is 18.5. The minimum absolute atomic E-state index is 0. The van der Waals surface area contributed by atoms with E-state index in [2.05, 4.69) is 0 Å². The standard InChI is InChI=1S/C6H6O3S.2H2O.Ti/c7-10(8,9)6-4-2-1-3-5-6;;;/h1-5H,(H,7,8,9);2*1H2;. The van der Waals surface area contributed by atoms with Gasteiger partial charge in [0.25, 0.3) is 10.1 Å². The Morgan fingerprint density at radius 2 is 1.38 bits per heavy atom. The van der Waals surface area contributed by atoms with Gasteiger partial charge in [-0.1, -0.05) is 18.2 Å². The zero-order valence-corrected chi connectivity index (χ0v) is 8.94. The molecule has 0 aliphatic rings. The van der Waals surface area contributed by atoms with Gasteiger partial charge in [-0.15, -0.1) is 0 Å². The summed E-state index contributed by atoms with van der Waals surface area (Å²) >= 11 is 0. The zero-order valence-electron chi connectivity index (χ0n) is 6.56. The number of hydrogen-bond donors (Lipinski definition) is 1. The molecule has 0 radical (unpaired) electrons. The summed E-state index contributed by atoms with van der Waals surface area (Å²) in [6, 6.07) is 7.42. The maximum atomic E-state index is 10.4. The summed E-state index contributed by atoms with van der Waals surface area (Å²) in [6.07, 6.45) is 0. The van der Waals surface area contributed by atoms with Crippen LogP contribution in [0.15, 0.2) is 35.2 Å². The molecule has 0 amide bonds. The molecule has 0 atom stereocenters. The van der Waals surface area contributed by atoms with Crippen molar-refractivity contribution < 1.29 is 45.6 Å². The Balaban J connectivity index is -0.000000333. The van der Waals surface area contributed by atoms with Crippen LogP contribution in [0.4, 0.5) is 0 Å². The van der Waals surface area contributed by atoms with Crippen LogP contribution in [0.1, 0.15) is 0 Å².